The highest BCUT2D eigenvalue weighted by Gasteiger charge is 2.28. The summed E-state index contributed by atoms with van der Waals surface area (Å²) >= 11 is 0. The number of fused-ring (bicyclic) bond motifs is 1. The third kappa shape index (κ3) is 5.50. The topological polar surface area (TPSA) is 60.0 Å². The number of carbonyl (C=O) groups is 1. The van der Waals surface area contributed by atoms with Gasteiger partial charge in [0, 0.05) is 57.8 Å². The minimum atomic E-state index is 0.0613. The molecule has 2 atom stereocenters. The fraction of sp³-hybridized carbons (Fsp3) is 0.652. The third-order valence-corrected chi connectivity index (χ3v) is 6.21. The molecule has 160 valence electrons. The number of carbonyl (C=O) groups excluding carboxylic acids is 1. The van der Waals surface area contributed by atoms with Crippen LogP contribution in [0.1, 0.15) is 44.7 Å². The number of benzene rings is 1. The largest absolute Gasteiger partial charge is 0.355 e. The second-order valence-electron chi connectivity index (χ2n) is 8.57. The molecule has 1 aromatic rings. The molecule has 1 amide bonds. The molecule has 2 unspecified atom stereocenters. The van der Waals surface area contributed by atoms with Crippen LogP contribution >= 0.6 is 0 Å². The molecule has 1 aromatic carbocycles. The molecule has 29 heavy (non-hydrogen) atoms. The van der Waals surface area contributed by atoms with Gasteiger partial charge in [-0.3, -0.25) is 14.7 Å². The highest BCUT2D eigenvalue weighted by Crippen LogP contribution is 2.21. The van der Waals surface area contributed by atoms with Gasteiger partial charge in [0.2, 0.25) is 5.91 Å². The van der Waals surface area contributed by atoms with E-state index in [-0.39, 0.29) is 17.9 Å². The molecule has 2 aliphatic heterocycles. The van der Waals surface area contributed by atoms with Crippen LogP contribution in [0.4, 0.5) is 0 Å². The normalized spacial score (nSPS) is 21.2. The number of aliphatic imine (C=N–C) groups is 1. The van der Waals surface area contributed by atoms with Crippen LogP contribution in [-0.4, -0.2) is 67.0 Å². The number of guanidine groups is 1. The number of nitrogens with one attached hydrogen (secondary N) is 2. The van der Waals surface area contributed by atoms with E-state index >= 15 is 0 Å². The Morgan fingerprint density at radius 2 is 2.00 bits per heavy atom. The van der Waals surface area contributed by atoms with Crippen LogP contribution in [0.5, 0.6) is 0 Å². The zero-order chi connectivity index (χ0) is 20.8. The van der Waals surface area contributed by atoms with Crippen LogP contribution in [0, 0.1) is 5.92 Å². The van der Waals surface area contributed by atoms with Crippen molar-refractivity contribution in [2.45, 2.75) is 58.7 Å². The first-order valence-corrected chi connectivity index (χ1v) is 11.1. The minimum Gasteiger partial charge on any atom is -0.355 e. The van der Waals surface area contributed by atoms with E-state index < -0.39 is 0 Å². The van der Waals surface area contributed by atoms with Gasteiger partial charge in [0.25, 0.3) is 0 Å². The summed E-state index contributed by atoms with van der Waals surface area (Å²) in [5, 5.41) is 7.04. The maximum Gasteiger partial charge on any atom is 0.225 e. The summed E-state index contributed by atoms with van der Waals surface area (Å²) in [5.41, 5.74) is 2.95. The second kappa shape index (κ2) is 10.1. The SMILES string of the molecule is CCC(CNC(=NC)NC1CCN(C(=O)C(C)C)C1)N1CCc2ccccc2C1. The Balaban J connectivity index is 1.49. The Morgan fingerprint density at radius 3 is 2.69 bits per heavy atom. The summed E-state index contributed by atoms with van der Waals surface area (Å²) in [6, 6.07) is 9.54. The minimum absolute atomic E-state index is 0.0613. The van der Waals surface area contributed by atoms with Gasteiger partial charge in [0.15, 0.2) is 5.96 Å². The smallest absolute Gasteiger partial charge is 0.225 e. The molecule has 2 heterocycles. The molecule has 0 aromatic heterocycles. The number of rotatable bonds is 6. The van der Waals surface area contributed by atoms with Crippen LogP contribution in [0.3, 0.4) is 0 Å². The van der Waals surface area contributed by atoms with E-state index in [0.717, 1.165) is 57.9 Å². The van der Waals surface area contributed by atoms with E-state index in [9.17, 15) is 4.79 Å². The number of nitrogens with zero attached hydrogens (tertiary/aromatic N) is 3. The van der Waals surface area contributed by atoms with Crippen molar-refractivity contribution in [3.05, 3.63) is 35.4 Å². The average Bonchev–Trinajstić information content (AvgIpc) is 3.20. The van der Waals surface area contributed by atoms with E-state index in [1.807, 2.05) is 25.8 Å². The third-order valence-electron chi connectivity index (χ3n) is 6.21. The van der Waals surface area contributed by atoms with Crippen LogP contribution in [0.2, 0.25) is 0 Å². The monoisotopic (exact) mass is 399 g/mol. The van der Waals surface area contributed by atoms with Crippen molar-refractivity contribution in [2.24, 2.45) is 10.9 Å². The van der Waals surface area contributed by atoms with E-state index in [1.54, 1.807) is 0 Å². The maximum absolute atomic E-state index is 12.2. The lowest BCUT2D eigenvalue weighted by molar-refractivity contribution is -0.133. The summed E-state index contributed by atoms with van der Waals surface area (Å²) in [6.07, 6.45) is 3.20. The zero-order valence-corrected chi connectivity index (χ0v) is 18.4. The molecule has 1 saturated heterocycles. The van der Waals surface area contributed by atoms with Gasteiger partial charge in [0.1, 0.15) is 0 Å². The van der Waals surface area contributed by atoms with Crippen molar-refractivity contribution in [1.29, 1.82) is 0 Å². The maximum atomic E-state index is 12.2. The van der Waals surface area contributed by atoms with Gasteiger partial charge in [0.05, 0.1) is 0 Å². The molecule has 1 fully saturated rings. The van der Waals surface area contributed by atoms with E-state index in [2.05, 4.69) is 51.7 Å². The summed E-state index contributed by atoms with van der Waals surface area (Å²) in [7, 11) is 1.82. The van der Waals surface area contributed by atoms with Crippen LogP contribution in [0.25, 0.3) is 0 Å². The summed E-state index contributed by atoms with van der Waals surface area (Å²) in [6.45, 7) is 10.8. The lowest BCUT2D eigenvalue weighted by atomic mass is 9.98. The molecule has 6 nitrogen and oxygen atoms in total. The molecule has 0 aliphatic carbocycles. The van der Waals surface area contributed by atoms with Gasteiger partial charge in [-0.25, -0.2) is 0 Å². The number of hydrogen-bond donors (Lipinski definition) is 2. The van der Waals surface area contributed by atoms with Gasteiger partial charge in [-0.15, -0.1) is 0 Å². The lowest BCUT2D eigenvalue weighted by Crippen LogP contribution is -2.50. The van der Waals surface area contributed by atoms with Crippen LogP contribution < -0.4 is 10.6 Å². The first-order chi connectivity index (χ1) is 14.0. The highest BCUT2D eigenvalue weighted by atomic mass is 16.2. The van der Waals surface area contributed by atoms with Crippen molar-refractivity contribution in [1.82, 2.24) is 20.4 Å². The fourth-order valence-corrected chi connectivity index (χ4v) is 4.41. The first-order valence-electron chi connectivity index (χ1n) is 11.1. The van der Waals surface area contributed by atoms with Crippen LogP contribution in [-0.2, 0) is 17.8 Å². The van der Waals surface area contributed by atoms with Crippen molar-refractivity contribution in [3.63, 3.8) is 0 Å². The first kappa shape index (κ1) is 21.6. The van der Waals surface area contributed by atoms with E-state index in [4.69, 9.17) is 0 Å². The zero-order valence-electron chi connectivity index (χ0n) is 18.4. The number of likely N-dealkylation sites (tertiary alicyclic amines) is 1. The second-order valence-corrected chi connectivity index (χ2v) is 8.57. The molecule has 0 saturated carbocycles. The van der Waals surface area contributed by atoms with E-state index in [1.165, 1.54) is 11.1 Å². The number of amides is 1. The van der Waals surface area contributed by atoms with Gasteiger partial charge in [-0.1, -0.05) is 45.0 Å². The van der Waals surface area contributed by atoms with Crippen molar-refractivity contribution in [2.75, 3.05) is 33.2 Å². The molecule has 0 spiro atoms. The summed E-state index contributed by atoms with van der Waals surface area (Å²) < 4.78 is 0. The quantitative estimate of drug-likeness (QED) is 0.569. The van der Waals surface area contributed by atoms with Crippen LogP contribution in [0.15, 0.2) is 29.3 Å². The van der Waals surface area contributed by atoms with Gasteiger partial charge >= 0.3 is 0 Å². The highest BCUT2D eigenvalue weighted by molar-refractivity contribution is 5.81. The molecule has 0 bridgehead atoms. The Kier molecular flexibility index (Phi) is 7.53. The molecule has 2 aliphatic rings. The molecule has 2 N–H and O–H groups in total. The summed E-state index contributed by atoms with van der Waals surface area (Å²) in [4.78, 5) is 21.2. The predicted octanol–water partition coefficient (Wildman–Crippen LogP) is 2.25. The van der Waals surface area contributed by atoms with Crippen molar-refractivity contribution < 1.29 is 4.79 Å². The molecular formula is C23H37N5O. The lowest BCUT2D eigenvalue weighted by Gasteiger charge is -2.35. The Bertz CT molecular complexity index is 717. The number of hydrogen-bond acceptors (Lipinski definition) is 3. The van der Waals surface area contributed by atoms with Gasteiger partial charge < -0.3 is 15.5 Å². The fourth-order valence-electron chi connectivity index (χ4n) is 4.41. The Hall–Kier alpha value is -2.08. The van der Waals surface area contributed by atoms with Gasteiger partial charge in [-0.05, 0) is 30.4 Å². The average molecular weight is 400 g/mol. The molecule has 0 radical (unpaired) electrons. The summed E-state index contributed by atoms with van der Waals surface area (Å²) in [5.74, 6) is 1.14. The van der Waals surface area contributed by atoms with Crippen molar-refractivity contribution >= 4 is 11.9 Å². The molecular weight excluding hydrogens is 362 g/mol. The molecule has 3 rings (SSSR count). The van der Waals surface area contributed by atoms with E-state index in [0.29, 0.717) is 6.04 Å². The standard InChI is InChI=1S/C23H37N5O/c1-5-21(27-12-10-18-8-6-7-9-19(18)15-27)14-25-23(24-4)26-20-11-13-28(16-20)22(29)17(2)3/h6-9,17,20-21H,5,10-16H2,1-4H3,(H2,24,25,26). The molecule has 6 heteroatoms. The van der Waals surface area contributed by atoms with Gasteiger partial charge in [-0.2, -0.15) is 0 Å². The predicted molar refractivity (Wildman–Crippen MR) is 119 cm³/mol. The van der Waals surface area contributed by atoms with Crippen molar-refractivity contribution in [3.8, 4) is 0 Å². The Labute approximate surface area is 175 Å². The Morgan fingerprint density at radius 1 is 1.24 bits per heavy atom.